The zero-order valence-electron chi connectivity index (χ0n) is 14.8. The summed E-state index contributed by atoms with van der Waals surface area (Å²) >= 11 is 0. The van der Waals surface area contributed by atoms with Crippen molar-refractivity contribution in [3.05, 3.63) is 48.0 Å². The van der Waals surface area contributed by atoms with Gasteiger partial charge in [-0.05, 0) is 43.4 Å². The summed E-state index contributed by atoms with van der Waals surface area (Å²) in [5, 5.41) is 4.26. The van der Waals surface area contributed by atoms with Crippen LogP contribution in [-0.4, -0.2) is 56.7 Å². The number of rotatable bonds is 3. The Hall–Kier alpha value is -2.21. The number of amides is 1. The summed E-state index contributed by atoms with van der Waals surface area (Å²) in [5.41, 5.74) is 2.36. The molecule has 0 saturated carbocycles. The summed E-state index contributed by atoms with van der Waals surface area (Å²) in [6, 6.07) is 3.68. The van der Waals surface area contributed by atoms with E-state index in [0.717, 1.165) is 45.6 Å². The highest BCUT2D eigenvalue weighted by molar-refractivity contribution is 5.93. The van der Waals surface area contributed by atoms with Crippen molar-refractivity contribution < 1.29 is 4.79 Å². The van der Waals surface area contributed by atoms with E-state index < -0.39 is 0 Å². The van der Waals surface area contributed by atoms with Crippen molar-refractivity contribution in [3.63, 3.8) is 0 Å². The van der Waals surface area contributed by atoms with Crippen molar-refractivity contribution in [2.45, 2.75) is 25.8 Å². The standard InChI is InChI=1S/C19H25N5O/c1-22-13-16(11-21-22)14-23-8-4-19(15-23)5-9-24(10-6-19)18(25)17-3-2-7-20-12-17/h2-3,7,11-13H,4-6,8-10,14-15H2,1H3. The number of likely N-dealkylation sites (tertiary alicyclic amines) is 2. The van der Waals surface area contributed by atoms with Gasteiger partial charge >= 0.3 is 0 Å². The third-order valence-corrected chi connectivity index (χ3v) is 5.70. The number of carbonyl (C=O) groups is 1. The van der Waals surface area contributed by atoms with E-state index in [1.807, 2.05) is 35.0 Å². The van der Waals surface area contributed by atoms with Crippen LogP contribution in [0.25, 0.3) is 0 Å². The highest BCUT2D eigenvalue weighted by Gasteiger charge is 2.41. The number of hydrogen-bond donors (Lipinski definition) is 0. The monoisotopic (exact) mass is 339 g/mol. The third-order valence-electron chi connectivity index (χ3n) is 5.70. The molecule has 0 unspecified atom stereocenters. The molecule has 2 fully saturated rings. The average molecular weight is 339 g/mol. The number of hydrogen-bond acceptors (Lipinski definition) is 4. The second kappa shape index (κ2) is 6.59. The van der Waals surface area contributed by atoms with Gasteiger partial charge in [0.2, 0.25) is 0 Å². The molecule has 6 heteroatoms. The van der Waals surface area contributed by atoms with Gasteiger partial charge in [-0.25, -0.2) is 0 Å². The van der Waals surface area contributed by atoms with Gasteiger partial charge in [0, 0.05) is 57.4 Å². The molecule has 0 aliphatic carbocycles. The molecule has 2 aromatic heterocycles. The van der Waals surface area contributed by atoms with Gasteiger partial charge < -0.3 is 4.90 Å². The molecule has 4 heterocycles. The fraction of sp³-hybridized carbons (Fsp3) is 0.526. The van der Waals surface area contributed by atoms with Crippen molar-refractivity contribution >= 4 is 5.91 Å². The molecule has 2 aliphatic heterocycles. The van der Waals surface area contributed by atoms with E-state index in [1.165, 1.54) is 12.0 Å². The molecule has 2 saturated heterocycles. The van der Waals surface area contributed by atoms with Crippen molar-refractivity contribution in [1.82, 2.24) is 24.6 Å². The molecule has 0 N–H and O–H groups in total. The predicted molar refractivity (Wildman–Crippen MR) is 94.9 cm³/mol. The zero-order valence-corrected chi connectivity index (χ0v) is 14.8. The van der Waals surface area contributed by atoms with Crippen LogP contribution >= 0.6 is 0 Å². The number of nitrogens with zero attached hydrogens (tertiary/aromatic N) is 5. The fourth-order valence-electron chi connectivity index (χ4n) is 4.24. The van der Waals surface area contributed by atoms with Gasteiger partial charge in [0.05, 0.1) is 11.8 Å². The first-order chi connectivity index (χ1) is 12.1. The minimum Gasteiger partial charge on any atom is -0.339 e. The molecule has 0 bridgehead atoms. The molecule has 132 valence electrons. The first kappa shape index (κ1) is 16.3. The maximum atomic E-state index is 12.6. The third kappa shape index (κ3) is 3.44. The molecule has 0 radical (unpaired) electrons. The Morgan fingerprint density at radius 1 is 1.20 bits per heavy atom. The van der Waals surface area contributed by atoms with E-state index in [4.69, 9.17) is 0 Å². The highest BCUT2D eigenvalue weighted by Crippen LogP contribution is 2.41. The molecule has 25 heavy (non-hydrogen) atoms. The van der Waals surface area contributed by atoms with Crippen LogP contribution in [0, 0.1) is 5.41 Å². The van der Waals surface area contributed by atoms with Gasteiger partial charge in [-0.2, -0.15) is 5.10 Å². The van der Waals surface area contributed by atoms with E-state index in [0.29, 0.717) is 11.0 Å². The van der Waals surface area contributed by atoms with Gasteiger partial charge in [-0.3, -0.25) is 19.4 Å². The summed E-state index contributed by atoms with van der Waals surface area (Å²) < 4.78 is 1.86. The number of aryl methyl sites for hydroxylation is 1. The lowest BCUT2D eigenvalue weighted by atomic mass is 9.77. The molecule has 6 nitrogen and oxygen atoms in total. The van der Waals surface area contributed by atoms with Crippen molar-refractivity contribution in [2.24, 2.45) is 12.5 Å². The Labute approximate surface area is 148 Å². The second-order valence-corrected chi connectivity index (χ2v) is 7.52. The Morgan fingerprint density at radius 3 is 2.68 bits per heavy atom. The number of pyridine rings is 1. The van der Waals surface area contributed by atoms with E-state index in [-0.39, 0.29) is 5.91 Å². The Kier molecular flexibility index (Phi) is 4.29. The first-order valence-electron chi connectivity index (χ1n) is 9.03. The minimum absolute atomic E-state index is 0.119. The smallest absolute Gasteiger partial charge is 0.255 e. The van der Waals surface area contributed by atoms with Crippen molar-refractivity contribution in [2.75, 3.05) is 26.2 Å². The Bertz CT molecular complexity index is 733. The largest absolute Gasteiger partial charge is 0.339 e. The Morgan fingerprint density at radius 2 is 2.00 bits per heavy atom. The van der Waals surface area contributed by atoms with Crippen LogP contribution in [0.2, 0.25) is 0 Å². The number of carbonyl (C=O) groups excluding carboxylic acids is 1. The SMILES string of the molecule is Cn1cc(CN2CCC3(CCN(C(=O)c4cccnc4)CC3)C2)cn1. The molecule has 1 spiro atoms. The summed E-state index contributed by atoms with van der Waals surface area (Å²) in [5.74, 6) is 0.119. The van der Waals surface area contributed by atoms with E-state index in [9.17, 15) is 4.79 Å². The fourth-order valence-corrected chi connectivity index (χ4v) is 4.24. The first-order valence-corrected chi connectivity index (χ1v) is 9.03. The van der Waals surface area contributed by atoms with Crippen LogP contribution in [0.4, 0.5) is 0 Å². The summed E-state index contributed by atoms with van der Waals surface area (Å²) in [6.07, 6.45) is 10.9. The number of piperidine rings is 1. The second-order valence-electron chi connectivity index (χ2n) is 7.52. The molecule has 2 aromatic rings. The van der Waals surface area contributed by atoms with Crippen LogP contribution in [0.5, 0.6) is 0 Å². The van der Waals surface area contributed by atoms with Gasteiger partial charge in [0.15, 0.2) is 0 Å². The zero-order chi connectivity index (χ0) is 17.3. The maximum absolute atomic E-state index is 12.6. The predicted octanol–water partition coefficient (Wildman–Crippen LogP) is 1.94. The lowest BCUT2D eigenvalue weighted by molar-refractivity contribution is 0.0587. The highest BCUT2D eigenvalue weighted by atomic mass is 16.2. The van der Waals surface area contributed by atoms with Crippen LogP contribution in [0.1, 0.15) is 35.2 Å². The van der Waals surface area contributed by atoms with Crippen molar-refractivity contribution in [1.29, 1.82) is 0 Å². The van der Waals surface area contributed by atoms with Crippen LogP contribution in [-0.2, 0) is 13.6 Å². The summed E-state index contributed by atoms with van der Waals surface area (Å²) in [6.45, 7) is 4.97. The van der Waals surface area contributed by atoms with Crippen molar-refractivity contribution in [3.8, 4) is 0 Å². The molecular formula is C19H25N5O. The van der Waals surface area contributed by atoms with Crippen LogP contribution in [0.15, 0.2) is 36.9 Å². The van der Waals surface area contributed by atoms with E-state index >= 15 is 0 Å². The van der Waals surface area contributed by atoms with Crippen LogP contribution in [0.3, 0.4) is 0 Å². The topological polar surface area (TPSA) is 54.3 Å². The minimum atomic E-state index is 0.119. The Balaban J connectivity index is 1.33. The molecule has 1 amide bonds. The molecule has 4 rings (SSSR count). The quantitative estimate of drug-likeness (QED) is 0.858. The molecule has 0 atom stereocenters. The summed E-state index contributed by atoms with van der Waals surface area (Å²) in [7, 11) is 1.96. The van der Waals surface area contributed by atoms with Gasteiger partial charge in [0.1, 0.15) is 0 Å². The summed E-state index contributed by atoms with van der Waals surface area (Å²) in [4.78, 5) is 21.2. The lowest BCUT2D eigenvalue weighted by Crippen LogP contribution is -2.44. The normalized spacial score (nSPS) is 20.3. The van der Waals surface area contributed by atoms with Gasteiger partial charge in [-0.1, -0.05) is 0 Å². The molecule has 0 aromatic carbocycles. The van der Waals surface area contributed by atoms with Gasteiger partial charge in [-0.15, -0.1) is 0 Å². The maximum Gasteiger partial charge on any atom is 0.255 e. The van der Waals surface area contributed by atoms with Gasteiger partial charge in [0.25, 0.3) is 5.91 Å². The molecule has 2 aliphatic rings. The van der Waals surface area contributed by atoms with E-state index in [1.54, 1.807) is 12.4 Å². The molecular weight excluding hydrogens is 314 g/mol. The lowest BCUT2D eigenvalue weighted by Gasteiger charge is -2.39. The van der Waals surface area contributed by atoms with Crippen LogP contribution < -0.4 is 0 Å². The average Bonchev–Trinajstić information content (AvgIpc) is 3.22. The number of aromatic nitrogens is 3. The van der Waals surface area contributed by atoms with E-state index in [2.05, 4.69) is 21.2 Å².